The standard InChI is InChI=1S/C44H25N3S/c1-2-14-26(15-3-1)40-43-41(34-23-11-13-25-36(34)48-43)46-44(45-40)47-35-24-12-10-22-33(35)39-38-30-19-7-5-17-28(30)27-16-4-6-18-29(27)37(38)31-20-8-9-21-32(31)42(39)47/h1-25H. The topological polar surface area (TPSA) is 30.7 Å². The van der Waals surface area contributed by atoms with Gasteiger partial charge in [0, 0.05) is 37.2 Å². The Hall–Kier alpha value is -6.10. The number of fused-ring (bicyclic) bond motifs is 16. The van der Waals surface area contributed by atoms with Gasteiger partial charge in [-0.2, -0.15) is 0 Å². The van der Waals surface area contributed by atoms with Crippen molar-refractivity contribution in [3.05, 3.63) is 152 Å². The van der Waals surface area contributed by atoms with Crippen LogP contribution in [0, 0.1) is 0 Å². The summed E-state index contributed by atoms with van der Waals surface area (Å²) in [5, 5.41) is 13.7. The van der Waals surface area contributed by atoms with Crippen molar-refractivity contribution in [2.24, 2.45) is 0 Å². The Morgan fingerprint density at radius 3 is 1.69 bits per heavy atom. The average Bonchev–Trinajstić information content (AvgIpc) is 3.71. The number of nitrogens with zero attached hydrogens (tertiary/aromatic N) is 3. The van der Waals surface area contributed by atoms with E-state index < -0.39 is 0 Å². The smallest absolute Gasteiger partial charge is 0.235 e. The van der Waals surface area contributed by atoms with E-state index in [1.807, 2.05) is 0 Å². The van der Waals surface area contributed by atoms with Crippen LogP contribution in [0.4, 0.5) is 0 Å². The van der Waals surface area contributed by atoms with Gasteiger partial charge in [-0.25, -0.2) is 9.97 Å². The number of hydrogen-bond acceptors (Lipinski definition) is 3. The Morgan fingerprint density at radius 1 is 0.417 bits per heavy atom. The minimum atomic E-state index is 0.686. The lowest BCUT2D eigenvalue weighted by Gasteiger charge is -2.16. The molecule has 0 bridgehead atoms. The summed E-state index contributed by atoms with van der Waals surface area (Å²) in [5.74, 6) is 0.686. The maximum absolute atomic E-state index is 5.47. The van der Waals surface area contributed by atoms with Crippen LogP contribution in [0.25, 0.3) is 102 Å². The Bertz CT molecular complexity index is 3120. The summed E-state index contributed by atoms with van der Waals surface area (Å²) < 4.78 is 4.65. The fraction of sp³-hybridized carbons (Fsp3) is 0. The highest BCUT2D eigenvalue weighted by Gasteiger charge is 2.24. The van der Waals surface area contributed by atoms with Crippen molar-refractivity contribution in [2.75, 3.05) is 0 Å². The van der Waals surface area contributed by atoms with Gasteiger partial charge in [0.15, 0.2) is 0 Å². The van der Waals surface area contributed by atoms with E-state index in [0.29, 0.717) is 5.95 Å². The summed E-state index contributed by atoms with van der Waals surface area (Å²) >= 11 is 1.77. The molecule has 4 heteroatoms. The first-order valence-electron chi connectivity index (χ1n) is 16.3. The summed E-state index contributed by atoms with van der Waals surface area (Å²) in [6.07, 6.45) is 0. The summed E-state index contributed by atoms with van der Waals surface area (Å²) in [7, 11) is 0. The second kappa shape index (κ2) is 9.71. The van der Waals surface area contributed by atoms with Gasteiger partial charge in [-0.3, -0.25) is 4.57 Å². The van der Waals surface area contributed by atoms with Crippen LogP contribution in [-0.4, -0.2) is 14.5 Å². The predicted octanol–water partition coefficient (Wildman–Crippen LogP) is 12.2. The number of aromatic nitrogens is 3. The minimum Gasteiger partial charge on any atom is -0.277 e. The Balaban J connectivity index is 1.42. The molecule has 3 heterocycles. The van der Waals surface area contributed by atoms with Crippen LogP contribution in [0.2, 0.25) is 0 Å². The molecular weight excluding hydrogens is 603 g/mol. The van der Waals surface area contributed by atoms with Crippen LogP contribution in [0.1, 0.15) is 0 Å². The third kappa shape index (κ3) is 3.42. The molecule has 3 aromatic heterocycles. The van der Waals surface area contributed by atoms with Crippen LogP contribution in [-0.2, 0) is 0 Å². The zero-order valence-electron chi connectivity index (χ0n) is 25.7. The van der Waals surface area contributed by atoms with Crippen molar-refractivity contribution < 1.29 is 0 Å². The first-order chi connectivity index (χ1) is 23.8. The van der Waals surface area contributed by atoms with Gasteiger partial charge in [-0.05, 0) is 44.5 Å². The number of thiophene rings is 1. The van der Waals surface area contributed by atoms with Gasteiger partial charge in [-0.1, -0.05) is 140 Å². The van der Waals surface area contributed by atoms with Crippen molar-refractivity contribution in [1.82, 2.24) is 14.5 Å². The molecule has 11 rings (SSSR count). The van der Waals surface area contributed by atoms with Crippen molar-refractivity contribution >= 4 is 96.5 Å². The normalized spacial score (nSPS) is 12.2. The summed E-state index contributed by atoms with van der Waals surface area (Å²) in [4.78, 5) is 10.9. The molecule has 0 unspecified atom stereocenters. The lowest BCUT2D eigenvalue weighted by atomic mass is 9.88. The number of para-hydroxylation sites is 1. The molecule has 0 amide bonds. The van der Waals surface area contributed by atoms with Crippen molar-refractivity contribution in [3.63, 3.8) is 0 Å². The van der Waals surface area contributed by atoms with Crippen molar-refractivity contribution in [2.45, 2.75) is 0 Å². The average molecular weight is 628 g/mol. The molecule has 0 saturated heterocycles. The molecule has 48 heavy (non-hydrogen) atoms. The number of rotatable bonds is 2. The van der Waals surface area contributed by atoms with Crippen molar-refractivity contribution in [1.29, 1.82) is 0 Å². The second-order valence-corrected chi connectivity index (χ2v) is 13.5. The highest BCUT2D eigenvalue weighted by molar-refractivity contribution is 7.26. The van der Waals surface area contributed by atoms with E-state index in [9.17, 15) is 0 Å². The van der Waals surface area contributed by atoms with E-state index >= 15 is 0 Å². The van der Waals surface area contributed by atoms with Crippen molar-refractivity contribution in [3.8, 4) is 17.2 Å². The Morgan fingerprint density at radius 2 is 0.958 bits per heavy atom. The molecule has 0 saturated carbocycles. The highest BCUT2D eigenvalue weighted by atomic mass is 32.1. The van der Waals surface area contributed by atoms with Crippen LogP contribution >= 0.6 is 11.3 Å². The Kier molecular flexibility index (Phi) is 5.26. The molecule has 0 atom stereocenters. The minimum absolute atomic E-state index is 0.686. The van der Waals surface area contributed by atoms with E-state index in [0.717, 1.165) is 37.9 Å². The predicted molar refractivity (Wildman–Crippen MR) is 205 cm³/mol. The first-order valence-corrected chi connectivity index (χ1v) is 17.1. The largest absolute Gasteiger partial charge is 0.277 e. The Labute approximate surface area is 278 Å². The third-order valence-corrected chi connectivity index (χ3v) is 11.1. The van der Waals surface area contributed by atoms with Gasteiger partial charge in [-0.15, -0.1) is 11.3 Å². The lowest BCUT2D eigenvalue weighted by Crippen LogP contribution is -2.03. The van der Waals surface area contributed by atoms with Gasteiger partial charge >= 0.3 is 0 Å². The van der Waals surface area contributed by atoms with Gasteiger partial charge in [0.05, 0.1) is 26.9 Å². The first kappa shape index (κ1) is 26.0. The van der Waals surface area contributed by atoms with E-state index in [-0.39, 0.29) is 0 Å². The maximum Gasteiger partial charge on any atom is 0.235 e. The van der Waals surface area contributed by atoms with Crippen LogP contribution in [0.3, 0.4) is 0 Å². The molecule has 222 valence electrons. The summed E-state index contributed by atoms with van der Waals surface area (Å²) in [5.41, 5.74) is 5.28. The van der Waals surface area contributed by atoms with E-state index in [4.69, 9.17) is 9.97 Å². The van der Waals surface area contributed by atoms with Crippen LogP contribution in [0.5, 0.6) is 0 Å². The molecule has 0 fully saturated rings. The molecule has 0 aliphatic rings. The molecule has 0 aliphatic heterocycles. The summed E-state index contributed by atoms with van der Waals surface area (Å²) in [6.45, 7) is 0. The van der Waals surface area contributed by atoms with E-state index in [1.54, 1.807) is 11.3 Å². The van der Waals surface area contributed by atoms with Gasteiger partial charge in [0.25, 0.3) is 0 Å². The van der Waals surface area contributed by atoms with E-state index in [1.165, 1.54) is 58.6 Å². The lowest BCUT2D eigenvalue weighted by molar-refractivity contribution is 1.02. The monoisotopic (exact) mass is 627 g/mol. The van der Waals surface area contributed by atoms with Crippen LogP contribution < -0.4 is 0 Å². The molecule has 0 spiro atoms. The molecule has 0 N–H and O–H groups in total. The third-order valence-electron chi connectivity index (χ3n) is 9.96. The number of benzene rings is 8. The molecule has 8 aromatic carbocycles. The zero-order chi connectivity index (χ0) is 31.3. The van der Waals surface area contributed by atoms with Gasteiger partial charge < -0.3 is 0 Å². The zero-order valence-corrected chi connectivity index (χ0v) is 26.5. The molecule has 11 aromatic rings. The number of hydrogen-bond donors (Lipinski definition) is 0. The highest BCUT2D eigenvalue weighted by Crippen LogP contribution is 2.48. The summed E-state index contributed by atoms with van der Waals surface area (Å²) in [6, 6.07) is 54.5. The SMILES string of the molecule is c1ccc(-c2nc(-n3c4ccccc4c4c5c6ccccc6c6ccccc6c5c5ccccc5c43)nc3c2sc2ccccc23)cc1. The quantitative estimate of drug-likeness (QED) is 0.179. The molecule has 3 nitrogen and oxygen atoms in total. The molecule has 0 aliphatic carbocycles. The van der Waals surface area contributed by atoms with Gasteiger partial charge in [0.1, 0.15) is 0 Å². The van der Waals surface area contributed by atoms with Crippen LogP contribution in [0.15, 0.2) is 152 Å². The second-order valence-electron chi connectivity index (χ2n) is 12.5. The van der Waals surface area contributed by atoms with Gasteiger partial charge in [0.2, 0.25) is 5.95 Å². The maximum atomic E-state index is 5.47. The molecular formula is C44H25N3S. The fourth-order valence-corrected chi connectivity index (χ4v) is 9.17. The fourth-order valence-electron chi connectivity index (χ4n) is 8.01. The molecule has 0 radical (unpaired) electrons. The van der Waals surface area contributed by atoms with E-state index in [2.05, 4.69) is 156 Å².